The molecule has 2 amide bonds. The van der Waals surface area contributed by atoms with Crippen molar-refractivity contribution in [2.45, 2.75) is 13.5 Å². The minimum atomic E-state index is -0.385. The molecule has 7 heteroatoms. The summed E-state index contributed by atoms with van der Waals surface area (Å²) in [6.07, 6.45) is 1.73. The number of thiazole rings is 1. The Kier molecular flexibility index (Phi) is 5.30. The van der Waals surface area contributed by atoms with Gasteiger partial charge in [0.05, 0.1) is 0 Å². The Morgan fingerprint density at radius 3 is 2.95 bits per heavy atom. The summed E-state index contributed by atoms with van der Waals surface area (Å²) in [5.74, 6) is -0.503. The molecule has 1 heterocycles. The molecule has 0 fully saturated rings. The first kappa shape index (κ1) is 15.5. The molecule has 21 heavy (non-hydrogen) atoms. The molecule has 1 aromatic heterocycles. The highest BCUT2D eigenvalue weighted by molar-refractivity contribution is 7.07. The highest BCUT2D eigenvalue weighted by Gasteiger charge is 2.07. The number of carbonyl (C=O) groups excluding carboxylic acids is 2. The number of halogens is 1. The first-order chi connectivity index (χ1) is 10.1. The highest BCUT2D eigenvalue weighted by atomic mass is 35.5. The lowest BCUT2D eigenvalue weighted by molar-refractivity contribution is -0.121. The molecule has 0 aliphatic carbocycles. The molecule has 0 saturated heterocycles. The Balaban J connectivity index is 2.24. The van der Waals surface area contributed by atoms with Gasteiger partial charge in [0.25, 0.3) is 5.91 Å². The highest BCUT2D eigenvalue weighted by Crippen LogP contribution is 2.11. The summed E-state index contributed by atoms with van der Waals surface area (Å²) in [5.41, 5.74) is 0.417. The van der Waals surface area contributed by atoms with Crippen molar-refractivity contribution in [3.8, 4) is 0 Å². The Bertz CT molecular complexity index is 721. The van der Waals surface area contributed by atoms with Gasteiger partial charge in [-0.25, -0.2) is 0 Å². The molecule has 110 valence electrons. The molecule has 2 aromatic rings. The lowest BCUT2D eigenvalue weighted by Crippen LogP contribution is -2.30. The number of nitrogens with one attached hydrogen (secondary N) is 1. The molecule has 0 spiro atoms. The van der Waals surface area contributed by atoms with Crippen molar-refractivity contribution >= 4 is 34.8 Å². The first-order valence-electron chi connectivity index (χ1n) is 6.35. The third-order valence-electron chi connectivity index (χ3n) is 2.62. The lowest BCUT2D eigenvalue weighted by Gasteiger charge is -2.03. The fourth-order valence-electron chi connectivity index (χ4n) is 1.69. The minimum absolute atomic E-state index is 0.118. The van der Waals surface area contributed by atoms with Crippen molar-refractivity contribution < 1.29 is 9.59 Å². The predicted octanol–water partition coefficient (Wildman–Crippen LogP) is 2.08. The van der Waals surface area contributed by atoms with Crippen molar-refractivity contribution in [3.63, 3.8) is 0 Å². The van der Waals surface area contributed by atoms with Crippen LogP contribution in [0.25, 0.3) is 0 Å². The quantitative estimate of drug-likeness (QED) is 0.936. The average Bonchev–Trinajstić information content (AvgIpc) is 2.86. The largest absolute Gasteiger partial charge is 0.355 e. The van der Waals surface area contributed by atoms with Gasteiger partial charge in [-0.15, -0.1) is 11.3 Å². The van der Waals surface area contributed by atoms with Gasteiger partial charge in [-0.2, -0.15) is 4.99 Å². The van der Waals surface area contributed by atoms with Crippen LogP contribution in [0.1, 0.15) is 17.3 Å². The molecule has 0 unspecified atom stereocenters. The number of likely N-dealkylation sites (N-methyl/N-ethyl adjacent to an activating group) is 1. The number of amides is 2. The second-order valence-electron chi connectivity index (χ2n) is 4.19. The number of hydrogen-bond acceptors (Lipinski definition) is 3. The Morgan fingerprint density at radius 1 is 1.43 bits per heavy atom. The zero-order valence-electron chi connectivity index (χ0n) is 11.4. The summed E-state index contributed by atoms with van der Waals surface area (Å²) in [5, 5.41) is 4.97. The maximum Gasteiger partial charge on any atom is 0.279 e. The van der Waals surface area contributed by atoms with Crippen molar-refractivity contribution in [2.24, 2.45) is 4.99 Å². The van der Waals surface area contributed by atoms with Crippen LogP contribution in [-0.4, -0.2) is 22.9 Å². The molecule has 0 aliphatic heterocycles. The molecule has 0 aliphatic rings. The van der Waals surface area contributed by atoms with Gasteiger partial charge in [-0.1, -0.05) is 17.7 Å². The number of rotatable bonds is 4. The summed E-state index contributed by atoms with van der Waals surface area (Å²) in [7, 11) is 0. The van der Waals surface area contributed by atoms with E-state index in [0.717, 1.165) is 0 Å². The van der Waals surface area contributed by atoms with Crippen LogP contribution in [-0.2, 0) is 11.3 Å². The van der Waals surface area contributed by atoms with Gasteiger partial charge in [0.15, 0.2) is 4.80 Å². The second kappa shape index (κ2) is 7.19. The van der Waals surface area contributed by atoms with Crippen LogP contribution in [0, 0.1) is 0 Å². The van der Waals surface area contributed by atoms with Crippen LogP contribution in [0.2, 0.25) is 5.02 Å². The predicted molar refractivity (Wildman–Crippen MR) is 82.3 cm³/mol. The molecule has 0 radical (unpaired) electrons. The topological polar surface area (TPSA) is 63.5 Å². The SMILES string of the molecule is CCNC(=O)Cn1ccsc1=NC(=O)c1cccc(Cl)c1. The molecule has 1 N–H and O–H groups in total. The Morgan fingerprint density at radius 2 is 2.24 bits per heavy atom. The zero-order valence-corrected chi connectivity index (χ0v) is 12.9. The average molecular weight is 324 g/mol. The van der Waals surface area contributed by atoms with E-state index in [0.29, 0.717) is 21.9 Å². The van der Waals surface area contributed by atoms with E-state index in [1.54, 1.807) is 40.4 Å². The van der Waals surface area contributed by atoms with Gasteiger partial charge in [0, 0.05) is 28.7 Å². The summed E-state index contributed by atoms with van der Waals surface area (Å²) >= 11 is 7.16. The lowest BCUT2D eigenvalue weighted by atomic mass is 10.2. The molecule has 0 atom stereocenters. The summed E-state index contributed by atoms with van der Waals surface area (Å²) in [6.45, 7) is 2.56. The van der Waals surface area contributed by atoms with Gasteiger partial charge in [0.1, 0.15) is 6.54 Å². The summed E-state index contributed by atoms with van der Waals surface area (Å²) in [6, 6.07) is 6.61. The molecule has 1 aromatic carbocycles. The molecule has 0 bridgehead atoms. The molecule has 2 rings (SSSR count). The third kappa shape index (κ3) is 4.27. The molecule has 5 nitrogen and oxygen atoms in total. The number of benzene rings is 1. The van der Waals surface area contributed by atoms with E-state index >= 15 is 0 Å². The van der Waals surface area contributed by atoms with Crippen molar-refractivity contribution in [3.05, 3.63) is 51.2 Å². The smallest absolute Gasteiger partial charge is 0.279 e. The van der Waals surface area contributed by atoms with Gasteiger partial charge in [0.2, 0.25) is 5.91 Å². The second-order valence-corrected chi connectivity index (χ2v) is 5.50. The fraction of sp³-hybridized carbons (Fsp3) is 0.214. The Hall–Kier alpha value is -1.92. The van der Waals surface area contributed by atoms with Gasteiger partial charge in [-0.05, 0) is 25.1 Å². The van der Waals surface area contributed by atoms with Gasteiger partial charge in [-0.3, -0.25) is 9.59 Å². The van der Waals surface area contributed by atoms with E-state index in [2.05, 4.69) is 10.3 Å². The first-order valence-corrected chi connectivity index (χ1v) is 7.61. The van der Waals surface area contributed by atoms with Crippen LogP contribution >= 0.6 is 22.9 Å². The van der Waals surface area contributed by atoms with Crippen LogP contribution in [0.4, 0.5) is 0 Å². The monoisotopic (exact) mass is 323 g/mol. The fourth-order valence-corrected chi connectivity index (χ4v) is 2.60. The molecule has 0 saturated carbocycles. The summed E-state index contributed by atoms with van der Waals surface area (Å²) in [4.78, 5) is 28.2. The molecular formula is C14H14ClN3O2S. The number of hydrogen-bond donors (Lipinski definition) is 1. The van der Waals surface area contributed by atoms with Gasteiger partial charge < -0.3 is 9.88 Å². The van der Waals surface area contributed by atoms with Crippen molar-refractivity contribution in [1.29, 1.82) is 0 Å². The molecular weight excluding hydrogens is 310 g/mol. The number of carbonyl (C=O) groups is 2. The van der Waals surface area contributed by atoms with Crippen molar-refractivity contribution in [1.82, 2.24) is 9.88 Å². The van der Waals surface area contributed by atoms with E-state index in [4.69, 9.17) is 11.6 Å². The zero-order chi connectivity index (χ0) is 15.2. The summed E-state index contributed by atoms with van der Waals surface area (Å²) < 4.78 is 1.64. The Labute approximate surface area is 130 Å². The number of nitrogens with zero attached hydrogens (tertiary/aromatic N) is 2. The van der Waals surface area contributed by atoms with E-state index in [9.17, 15) is 9.59 Å². The maximum absolute atomic E-state index is 12.1. The normalized spacial score (nSPS) is 11.4. The van der Waals surface area contributed by atoms with Crippen molar-refractivity contribution in [2.75, 3.05) is 6.54 Å². The van der Waals surface area contributed by atoms with E-state index in [1.807, 2.05) is 6.92 Å². The van der Waals surface area contributed by atoms with Crippen LogP contribution in [0.3, 0.4) is 0 Å². The minimum Gasteiger partial charge on any atom is -0.355 e. The maximum atomic E-state index is 12.1. The van der Waals surface area contributed by atoms with Crippen LogP contribution < -0.4 is 10.1 Å². The number of aromatic nitrogens is 1. The van der Waals surface area contributed by atoms with E-state index < -0.39 is 0 Å². The van der Waals surface area contributed by atoms with Crippen LogP contribution in [0.15, 0.2) is 40.8 Å². The standard InChI is InChI=1S/C14H14ClN3O2S/c1-2-16-12(19)9-18-6-7-21-14(18)17-13(20)10-4-3-5-11(15)8-10/h3-8H,2,9H2,1H3,(H,16,19). The third-order valence-corrected chi connectivity index (χ3v) is 3.65. The van der Waals surface area contributed by atoms with E-state index in [-0.39, 0.29) is 18.4 Å². The van der Waals surface area contributed by atoms with E-state index in [1.165, 1.54) is 11.3 Å². The van der Waals surface area contributed by atoms with Crippen LogP contribution in [0.5, 0.6) is 0 Å². The van der Waals surface area contributed by atoms with Gasteiger partial charge >= 0.3 is 0 Å².